The molecule has 0 aromatic rings. The standard InChI is InChI=1S/C50H90N10O9/c1-13-15-22-35(14-2)41(64)55-36(24-23-34-20-17-16-18-21-34)42(65)52-31-40(63)56-47(5,6)45(68)53-30-39(62)54-37(29-33(3)4)43(66)58-49(9,10)46(69)59-48(7,8)44(67)51-28-25-38(61)57-50(26-19-27-50)32-60(11)12/h33-37H,13-32H2,1-12H3,(H,51,67)(H,52,65)(H,53,68)(H,54,62)(H,55,64)(H,56,63)(H,57,61)(H,58,66)(H,59,69)/t35-,36?,37?/m0/s1. The van der Waals surface area contributed by atoms with Crippen molar-refractivity contribution in [3.05, 3.63) is 0 Å². The molecule has 0 heterocycles. The van der Waals surface area contributed by atoms with Gasteiger partial charge in [0.05, 0.1) is 18.6 Å². The van der Waals surface area contributed by atoms with Crippen molar-refractivity contribution in [2.24, 2.45) is 17.8 Å². The van der Waals surface area contributed by atoms with Gasteiger partial charge in [-0.05, 0) is 119 Å². The Morgan fingerprint density at radius 2 is 1.22 bits per heavy atom. The second-order valence-corrected chi connectivity index (χ2v) is 21.8. The van der Waals surface area contributed by atoms with Gasteiger partial charge >= 0.3 is 0 Å². The highest BCUT2D eigenvalue weighted by Crippen LogP contribution is 2.32. The lowest BCUT2D eigenvalue weighted by Gasteiger charge is -2.44. The average molecular weight is 975 g/mol. The fraction of sp³-hybridized carbons (Fsp3) is 0.820. The molecule has 2 rings (SSSR count). The van der Waals surface area contributed by atoms with Gasteiger partial charge in [0.25, 0.3) is 0 Å². The van der Waals surface area contributed by atoms with Crippen molar-refractivity contribution >= 4 is 53.2 Å². The molecule has 2 saturated carbocycles. The SMILES string of the molecule is CCCC[C@H](CC)C(=O)NC(CCC1CCCCC1)C(=O)NCC(=O)NC(C)(C)C(=O)NCC(=O)NC(CC(C)C)C(=O)NC(C)(C)C(=O)NC(C)(C)C(=O)NCCC(=O)NC1(CN(C)C)CCC1. The molecule has 2 fully saturated rings. The van der Waals surface area contributed by atoms with Crippen molar-refractivity contribution in [2.75, 3.05) is 40.3 Å². The lowest BCUT2D eigenvalue weighted by atomic mass is 9.76. The summed E-state index contributed by atoms with van der Waals surface area (Å²) in [4.78, 5) is 121. The smallest absolute Gasteiger partial charge is 0.246 e. The Balaban J connectivity index is 1.93. The van der Waals surface area contributed by atoms with Crippen LogP contribution in [0.5, 0.6) is 0 Å². The molecule has 0 bridgehead atoms. The molecule has 0 saturated heterocycles. The van der Waals surface area contributed by atoms with Crippen LogP contribution in [0.3, 0.4) is 0 Å². The van der Waals surface area contributed by atoms with Crippen LogP contribution in [0.1, 0.15) is 172 Å². The van der Waals surface area contributed by atoms with Crippen molar-refractivity contribution < 1.29 is 43.2 Å². The van der Waals surface area contributed by atoms with E-state index in [9.17, 15) is 43.2 Å². The average Bonchev–Trinajstić information content (AvgIpc) is 3.24. The van der Waals surface area contributed by atoms with E-state index in [0.717, 1.165) is 77.2 Å². The Kier molecular flexibility index (Phi) is 24.6. The van der Waals surface area contributed by atoms with Crippen LogP contribution in [0.4, 0.5) is 0 Å². The molecular formula is C50H90N10O9. The molecule has 2 aliphatic carbocycles. The van der Waals surface area contributed by atoms with E-state index in [1.165, 1.54) is 48.0 Å². The second kappa shape index (κ2) is 28.1. The summed E-state index contributed by atoms with van der Waals surface area (Å²) < 4.78 is 0. The first-order valence-electron chi connectivity index (χ1n) is 25.5. The highest BCUT2D eigenvalue weighted by Gasteiger charge is 2.40. The number of unbranched alkanes of at least 4 members (excludes halogenated alkanes) is 1. The predicted molar refractivity (Wildman–Crippen MR) is 266 cm³/mol. The van der Waals surface area contributed by atoms with Gasteiger partial charge in [-0.3, -0.25) is 43.2 Å². The molecule has 0 spiro atoms. The van der Waals surface area contributed by atoms with Crippen molar-refractivity contribution in [1.82, 2.24) is 52.8 Å². The van der Waals surface area contributed by atoms with Crippen LogP contribution < -0.4 is 47.9 Å². The third-order valence-corrected chi connectivity index (χ3v) is 13.2. The van der Waals surface area contributed by atoms with E-state index in [1.807, 2.05) is 39.8 Å². The van der Waals surface area contributed by atoms with Crippen LogP contribution in [0.15, 0.2) is 0 Å². The van der Waals surface area contributed by atoms with Crippen molar-refractivity contribution in [2.45, 2.75) is 206 Å². The van der Waals surface area contributed by atoms with Crippen LogP contribution in [-0.4, -0.2) is 133 Å². The van der Waals surface area contributed by atoms with E-state index >= 15 is 0 Å². The molecule has 9 N–H and O–H groups in total. The number of amides is 9. The number of likely N-dealkylation sites (N-methyl/N-ethyl adjacent to an activating group) is 1. The summed E-state index contributed by atoms with van der Waals surface area (Å²) >= 11 is 0. The number of carbonyl (C=O) groups is 9. The molecule has 2 unspecified atom stereocenters. The van der Waals surface area contributed by atoms with Crippen molar-refractivity contribution in [1.29, 1.82) is 0 Å². The Hall–Kier alpha value is -4.81. The molecule has 3 atom stereocenters. The summed E-state index contributed by atoms with van der Waals surface area (Å²) in [6.07, 6.45) is 13.3. The maximum atomic E-state index is 13.6. The number of carbonyl (C=O) groups excluding carboxylic acids is 9. The van der Waals surface area contributed by atoms with Crippen LogP contribution in [0.25, 0.3) is 0 Å². The summed E-state index contributed by atoms with van der Waals surface area (Å²) in [5.74, 6) is -4.51. The fourth-order valence-electron chi connectivity index (χ4n) is 8.83. The highest BCUT2D eigenvalue weighted by molar-refractivity contribution is 5.98. The molecular weight excluding hydrogens is 885 g/mol. The molecule has 0 aromatic carbocycles. The zero-order valence-corrected chi connectivity index (χ0v) is 44.2. The molecule has 2 aliphatic rings. The van der Waals surface area contributed by atoms with Crippen molar-refractivity contribution in [3.63, 3.8) is 0 Å². The summed E-state index contributed by atoms with van der Waals surface area (Å²) in [7, 11) is 3.91. The van der Waals surface area contributed by atoms with Gasteiger partial charge in [0.2, 0.25) is 53.2 Å². The summed E-state index contributed by atoms with van der Waals surface area (Å²) in [5.41, 5.74) is -4.72. The quantitative estimate of drug-likeness (QED) is 0.0508. The van der Waals surface area contributed by atoms with Crippen LogP contribution in [-0.2, 0) is 43.2 Å². The molecule has 69 heavy (non-hydrogen) atoms. The van der Waals surface area contributed by atoms with Gasteiger partial charge in [0.1, 0.15) is 28.7 Å². The predicted octanol–water partition coefficient (Wildman–Crippen LogP) is 2.60. The monoisotopic (exact) mass is 975 g/mol. The van der Waals surface area contributed by atoms with Gasteiger partial charge in [-0.15, -0.1) is 0 Å². The number of nitrogens with zero attached hydrogens (tertiary/aromatic N) is 1. The minimum atomic E-state index is -1.54. The Bertz CT molecular complexity index is 1750. The molecule has 0 aromatic heterocycles. The molecule has 9 amide bonds. The van der Waals surface area contributed by atoms with E-state index < -0.39 is 83.1 Å². The normalized spacial score (nSPS) is 16.4. The van der Waals surface area contributed by atoms with Crippen LogP contribution in [0.2, 0.25) is 0 Å². The topological polar surface area (TPSA) is 265 Å². The minimum absolute atomic E-state index is 0.0630. The molecule has 19 nitrogen and oxygen atoms in total. The van der Waals surface area contributed by atoms with E-state index in [4.69, 9.17) is 0 Å². The summed E-state index contributed by atoms with van der Waals surface area (Å²) in [5, 5.41) is 24.5. The maximum Gasteiger partial charge on any atom is 0.246 e. The van der Waals surface area contributed by atoms with Gasteiger partial charge in [-0.1, -0.05) is 72.6 Å². The highest BCUT2D eigenvalue weighted by atomic mass is 16.2. The molecule has 394 valence electrons. The maximum absolute atomic E-state index is 13.6. The lowest BCUT2D eigenvalue weighted by Crippen LogP contribution is -2.64. The Labute approximate surface area is 412 Å². The third-order valence-electron chi connectivity index (χ3n) is 13.2. The lowest BCUT2D eigenvalue weighted by molar-refractivity contribution is -0.138. The van der Waals surface area contributed by atoms with Gasteiger partial charge in [-0.25, -0.2) is 0 Å². The summed E-state index contributed by atoms with van der Waals surface area (Å²) in [6, 6.07) is -1.90. The van der Waals surface area contributed by atoms with E-state index in [-0.39, 0.29) is 48.6 Å². The van der Waals surface area contributed by atoms with Crippen molar-refractivity contribution in [3.8, 4) is 0 Å². The first-order valence-corrected chi connectivity index (χ1v) is 25.5. The van der Waals surface area contributed by atoms with E-state index in [1.54, 1.807) is 0 Å². The largest absolute Gasteiger partial charge is 0.354 e. The first kappa shape index (κ1) is 60.3. The Morgan fingerprint density at radius 3 is 1.78 bits per heavy atom. The fourth-order valence-corrected chi connectivity index (χ4v) is 8.83. The first-order chi connectivity index (χ1) is 32.2. The van der Waals surface area contributed by atoms with Gasteiger partial charge in [-0.2, -0.15) is 0 Å². The zero-order chi connectivity index (χ0) is 52.2. The second-order valence-electron chi connectivity index (χ2n) is 21.8. The van der Waals surface area contributed by atoms with Gasteiger partial charge in [0.15, 0.2) is 0 Å². The molecule has 0 radical (unpaired) electrons. The van der Waals surface area contributed by atoms with E-state index in [2.05, 4.69) is 54.8 Å². The Morgan fingerprint density at radius 1 is 0.623 bits per heavy atom. The number of nitrogens with one attached hydrogen (secondary N) is 9. The number of hydrogen-bond acceptors (Lipinski definition) is 10. The minimum Gasteiger partial charge on any atom is -0.354 e. The number of hydrogen-bond donors (Lipinski definition) is 9. The van der Waals surface area contributed by atoms with E-state index in [0.29, 0.717) is 18.8 Å². The molecule has 0 aliphatic heterocycles. The summed E-state index contributed by atoms with van der Waals surface area (Å²) in [6.45, 7) is 16.4. The zero-order valence-electron chi connectivity index (χ0n) is 44.2. The van der Waals surface area contributed by atoms with Crippen LogP contribution in [0, 0.1) is 17.8 Å². The van der Waals surface area contributed by atoms with Crippen LogP contribution >= 0.6 is 0 Å². The third kappa shape index (κ3) is 21.4. The number of rotatable bonds is 30. The molecule has 19 heteroatoms. The van der Waals surface area contributed by atoms with Gasteiger partial charge in [0, 0.05) is 25.4 Å². The van der Waals surface area contributed by atoms with Gasteiger partial charge < -0.3 is 52.8 Å².